The lowest BCUT2D eigenvalue weighted by molar-refractivity contribution is -0.147. The smallest absolute Gasteiger partial charge is 0.325 e. The molecule has 2 aliphatic heterocycles. The van der Waals surface area contributed by atoms with Crippen molar-refractivity contribution < 1.29 is 14.3 Å². The first-order valence-corrected chi connectivity index (χ1v) is 6.61. The van der Waals surface area contributed by atoms with Crippen LogP contribution in [0.1, 0.15) is 39.5 Å². The molecule has 0 aliphatic carbocycles. The molecular formula is C13H22N2O3. The Morgan fingerprint density at radius 1 is 1.44 bits per heavy atom. The fourth-order valence-electron chi connectivity index (χ4n) is 3.05. The Hall–Kier alpha value is -1.10. The van der Waals surface area contributed by atoms with Gasteiger partial charge in [-0.2, -0.15) is 0 Å². The normalized spacial score (nSPS) is 28.2. The summed E-state index contributed by atoms with van der Waals surface area (Å²) in [6.07, 6.45) is 3.77. The second-order valence-electron chi connectivity index (χ2n) is 5.72. The molecule has 0 radical (unpaired) electrons. The fraction of sp³-hybridized carbons (Fsp3) is 0.846. The van der Waals surface area contributed by atoms with Gasteiger partial charge >= 0.3 is 5.97 Å². The largest absolute Gasteiger partial charge is 0.468 e. The lowest BCUT2D eigenvalue weighted by Gasteiger charge is -2.35. The number of esters is 1. The van der Waals surface area contributed by atoms with Gasteiger partial charge in [-0.1, -0.05) is 0 Å². The highest BCUT2D eigenvalue weighted by Crippen LogP contribution is 2.29. The van der Waals surface area contributed by atoms with Gasteiger partial charge in [-0.05, 0) is 33.1 Å². The summed E-state index contributed by atoms with van der Waals surface area (Å²) in [5.74, 6) is -0.0814. The summed E-state index contributed by atoms with van der Waals surface area (Å²) in [5, 5.41) is 3.30. The minimum atomic E-state index is -0.743. The molecule has 0 spiro atoms. The van der Waals surface area contributed by atoms with Crippen molar-refractivity contribution in [1.82, 2.24) is 10.2 Å². The summed E-state index contributed by atoms with van der Waals surface area (Å²) >= 11 is 0. The highest BCUT2D eigenvalue weighted by Gasteiger charge is 2.44. The molecule has 5 heteroatoms. The van der Waals surface area contributed by atoms with Gasteiger partial charge in [-0.3, -0.25) is 14.9 Å². The second kappa shape index (κ2) is 4.88. The number of methoxy groups -OCH3 is 1. The van der Waals surface area contributed by atoms with Crippen molar-refractivity contribution in [2.24, 2.45) is 0 Å². The predicted octanol–water partition coefficient (Wildman–Crippen LogP) is 0.681. The summed E-state index contributed by atoms with van der Waals surface area (Å²) in [5.41, 5.74) is -0.743. The molecule has 2 saturated heterocycles. The van der Waals surface area contributed by atoms with Crippen LogP contribution in [0.15, 0.2) is 0 Å². The van der Waals surface area contributed by atoms with Gasteiger partial charge in [-0.15, -0.1) is 0 Å². The SMILES string of the molecule is COC(=O)C(C)(C)NC1CC(=O)N2CCCCC12. The summed E-state index contributed by atoms with van der Waals surface area (Å²) in [6, 6.07) is 0.307. The van der Waals surface area contributed by atoms with Crippen LogP contribution in [0.3, 0.4) is 0 Å². The van der Waals surface area contributed by atoms with Crippen LogP contribution in [-0.4, -0.2) is 48.1 Å². The Labute approximate surface area is 108 Å². The number of piperidine rings is 1. The van der Waals surface area contributed by atoms with E-state index in [1.54, 1.807) is 13.8 Å². The Morgan fingerprint density at radius 2 is 2.17 bits per heavy atom. The van der Waals surface area contributed by atoms with Gasteiger partial charge in [0.25, 0.3) is 0 Å². The zero-order valence-electron chi connectivity index (χ0n) is 11.4. The van der Waals surface area contributed by atoms with Crippen LogP contribution in [0.25, 0.3) is 0 Å². The molecule has 0 aromatic rings. The fourth-order valence-corrected chi connectivity index (χ4v) is 3.05. The van der Waals surface area contributed by atoms with Crippen molar-refractivity contribution in [2.75, 3.05) is 13.7 Å². The first-order valence-electron chi connectivity index (χ1n) is 6.61. The molecule has 2 rings (SSSR count). The van der Waals surface area contributed by atoms with Crippen LogP contribution in [0.2, 0.25) is 0 Å². The van der Waals surface area contributed by atoms with Crippen molar-refractivity contribution in [3.63, 3.8) is 0 Å². The predicted molar refractivity (Wildman–Crippen MR) is 67.0 cm³/mol. The third-order valence-electron chi connectivity index (χ3n) is 3.97. The number of nitrogens with zero attached hydrogens (tertiary/aromatic N) is 1. The average Bonchev–Trinajstić information content (AvgIpc) is 2.65. The number of carbonyl (C=O) groups is 2. The molecule has 0 saturated carbocycles. The van der Waals surface area contributed by atoms with Crippen molar-refractivity contribution in [1.29, 1.82) is 0 Å². The zero-order valence-corrected chi connectivity index (χ0v) is 11.4. The summed E-state index contributed by atoms with van der Waals surface area (Å²) in [4.78, 5) is 25.6. The second-order valence-corrected chi connectivity index (χ2v) is 5.72. The van der Waals surface area contributed by atoms with Crippen LogP contribution in [0.5, 0.6) is 0 Å². The van der Waals surface area contributed by atoms with Crippen LogP contribution in [0, 0.1) is 0 Å². The van der Waals surface area contributed by atoms with E-state index >= 15 is 0 Å². The lowest BCUT2D eigenvalue weighted by atomic mass is 9.96. The highest BCUT2D eigenvalue weighted by molar-refractivity contribution is 5.82. The van der Waals surface area contributed by atoms with Crippen molar-refractivity contribution in [3.05, 3.63) is 0 Å². The summed E-state index contributed by atoms with van der Waals surface area (Å²) in [6.45, 7) is 4.46. The number of hydrogen-bond donors (Lipinski definition) is 1. The number of carbonyl (C=O) groups excluding carboxylic acids is 2. The van der Waals surface area contributed by atoms with Gasteiger partial charge in [0.1, 0.15) is 5.54 Å². The van der Waals surface area contributed by atoms with E-state index in [9.17, 15) is 9.59 Å². The third-order valence-corrected chi connectivity index (χ3v) is 3.97. The minimum absolute atomic E-state index is 0.0619. The minimum Gasteiger partial charge on any atom is -0.468 e. The van der Waals surface area contributed by atoms with E-state index in [-0.39, 0.29) is 24.0 Å². The standard InChI is InChI=1S/C13H22N2O3/c1-13(2,12(17)18-3)14-9-8-11(16)15-7-5-4-6-10(9)15/h9-10,14H,4-8H2,1-3H3. The molecule has 2 aliphatic rings. The lowest BCUT2D eigenvalue weighted by Crippen LogP contribution is -2.56. The van der Waals surface area contributed by atoms with E-state index in [1.165, 1.54) is 7.11 Å². The van der Waals surface area contributed by atoms with Crippen LogP contribution in [-0.2, 0) is 14.3 Å². The molecule has 2 heterocycles. The van der Waals surface area contributed by atoms with Crippen molar-refractivity contribution in [2.45, 2.75) is 57.2 Å². The maximum absolute atomic E-state index is 11.9. The summed E-state index contributed by atoms with van der Waals surface area (Å²) < 4.78 is 4.79. The number of rotatable bonds is 3. The van der Waals surface area contributed by atoms with Crippen LogP contribution < -0.4 is 5.32 Å². The molecule has 102 valence electrons. The average molecular weight is 254 g/mol. The molecule has 5 nitrogen and oxygen atoms in total. The number of hydrogen-bond acceptors (Lipinski definition) is 4. The number of nitrogens with one attached hydrogen (secondary N) is 1. The zero-order chi connectivity index (χ0) is 13.3. The monoisotopic (exact) mass is 254 g/mol. The van der Waals surface area contributed by atoms with E-state index in [4.69, 9.17) is 4.74 Å². The van der Waals surface area contributed by atoms with E-state index < -0.39 is 5.54 Å². The van der Waals surface area contributed by atoms with E-state index in [0.29, 0.717) is 6.42 Å². The topological polar surface area (TPSA) is 58.6 Å². The molecule has 0 aromatic carbocycles. The Morgan fingerprint density at radius 3 is 2.83 bits per heavy atom. The molecule has 1 amide bonds. The van der Waals surface area contributed by atoms with Gasteiger partial charge in [0.05, 0.1) is 7.11 Å². The molecule has 1 N–H and O–H groups in total. The molecule has 2 atom stereocenters. The first kappa shape index (κ1) is 13.3. The van der Waals surface area contributed by atoms with E-state index in [1.807, 2.05) is 4.90 Å². The maximum atomic E-state index is 11.9. The van der Waals surface area contributed by atoms with Crippen molar-refractivity contribution >= 4 is 11.9 Å². The molecule has 0 bridgehead atoms. The molecule has 0 aromatic heterocycles. The van der Waals surface area contributed by atoms with Crippen LogP contribution in [0.4, 0.5) is 0 Å². The first-order chi connectivity index (χ1) is 8.45. The van der Waals surface area contributed by atoms with Crippen molar-refractivity contribution in [3.8, 4) is 0 Å². The summed E-state index contributed by atoms with van der Waals surface area (Å²) in [7, 11) is 1.39. The van der Waals surface area contributed by atoms with E-state index in [0.717, 1.165) is 25.8 Å². The molecule has 2 unspecified atom stereocenters. The van der Waals surface area contributed by atoms with Gasteiger partial charge in [0, 0.05) is 25.0 Å². The Balaban J connectivity index is 2.05. The number of ether oxygens (including phenoxy) is 1. The van der Waals surface area contributed by atoms with Gasteiger partial charge in [0.15, 0.2) is 0 Å². The quantitative estimate of drug-likeness (QED) is 0.753. The molecule has 18 heavy (non-hydrogen) atoms. The van der Waals surface area contributed by atoms with Crippen LogP contribution >= 0.6 is 0 Å². The number of amides is 1. The molecular weight excluding hydrogens is 232 g/mol. The Bertz CT molecular complexity index is 354. The van der Waals surface area contributed by atoms with Gasteiger partial charge in [0.2, 0.25) is 5.91 Å². The van der Waals surface area contributed by atoms with Gasteiger partial charge < -0.3 is 9.64 Å². The molecule has 2 fully saturated rings. The third kappa shape index (κ3) is 2.36. The maximum Gasteiger partial charge on any atom is 0.325 e. The number of fused-ring (bicyclic) bond motifs is 1. The van der Waals surface area contributed by atoms with Gasteiger partial charge in [-0.25, -0.2) is 0 Å². The Kier molecular flexibility index (Phi) is 3.61. The van der Waals surface area contributed by atoms with E-state index in [2.05, 4.69) is 5.32 Å². The highest BCUT2D eigenvalue weighted by atomic mass is 16.5.